The van der Waals surface area contributed by atoms with Crippen LogP contribution in [0, 0.1) is 0 Å². The summed E-state index contributed by atoms with van der Waals surface area (Å²) in [5.41, 5.74) is 10.7. The van der Waals surface area contributed by atoms with Crippen molar-refractivity contribution in [3.63, 3.8) is 0 Å². The smallest absolute Gasteiger partial charge is 0.159 e. The van der Waals surface area contributed by atoms with Crippen molar-refractivity contribution in [3.05, 3.63) is 205 Å². The van der Waals surface area contributed by atoms with Crippen molar-refractivity contribution in [2.45, 2.75) is 6.17 Å². The van der Waals surface area contributed by atoms with E-state index in [-0.39, 0.29) is 0 Å². The number of fused-ring (bicyclic) bond motifs is 8. The summed E-state index contributed by atoms with van der Waals surface area (Å²) in [4.78, 5) is 10.7. The van der Waals surface area contributed by atoms with Gasteiger partial charge in [0.2, 0.25) is 0 Å². The van der Waals surface area contributed by atoms with Gasteiger partial charge in [-0.25, -0.2) is 9.98 Å². The monoisotopic (exact) mass is 743 g/mol. The number of nitrogens with one attached hydrogen (secondary N) is 1. The molecule has 1 N–H and O–H groups in total. The van der Waals surface area contributed by atoms with Crippen LogP contribution in [0.4, 0.5) is 0 Å². The number of para-hydroxylation sites is 2. The molecule has 0 amide bonds. The van der Waals surface area contributed by atoms with E-state index in [1.54, 1.807) is 0 Å². The number of nitrogens with zero attached hydrogens (tertiary/aromatic N) is 2. The third-order valence-electron chi connectivity index (χ3n) is 11.5. The highest BCUT2D eigenvalue weighted by Gasteiger charge is 2.26. The van der Waals surface area contributed by atoms with E-state index in [9.17, 15) is 0 Å². The average Bonchev–Trinajstić information content (AvgIpc) is 3.87. The lowest BCUT2D eigenvalue weighted by Crippen LogP contribution is -2.33. The first-order valence-electron chi connectivity index (χ1n) is 19.6. The molecule has 0 saturated carbocycles. The van der Waals surface area contributed by atoms with Gasteiger partial charge in [-0.1, -0.05) is 140 Å². The fourth-order valence-electron chi connectivity index (χ4n) is 8.67. The summed E-state index contributed by atoms with van der Waals surface area (Å²) in [6.07, 6.45) is -0.420. The Hall–Kier alpha value is -7.76. The van der Waals surface area contributed by atoms with Crippen molar-refractivity contribution in [1.82, 2.24) is 5.32 Å². The van der Waals surface area contributed by atoms with Crippen molar-refractivity contribution in [3.8, 4) is 22.3 Å². The van der Waals surface area contributed by atoms with Gasteiger partial charge in [0.1, 0.15) is 34.3 Å². The maximum Gasteiger partial charge on any atom is 0.159 e. The molecule has 0 radical (unpaired) electrons. The SMILES string of the molecule is c1ccc(-c2ccc3ccc(C4N=C(c5ccc6ccccc6c5)N=C(c5cc(-c6cccc7oc8ccccc8c67)cc6oc7ccccc7c56)N4)cc3c2)cc1. The Morgan fingerprint density at radius 3 is 1.86 bits per heavy atom. The fourth-order valence-corrected chi connectivity index (χ4v) is 8.67. The van der Waals surface area contributed by atoms with Gasteiger partial charge < -0.3 is 14.2 Å². The van der Waals surface area contributed by atoms with Gasteiger partial charge in [-0.15, -0.1) is 0 Å². The number of benzene rings is 9. The van der Waals surface area contributed by atoms with Gasteiger partial charge in [0.15, 0.2) is 5.84 Å². The molecule has 1 unspecified atom stereocenters. The first kappa shape index (κ1) is 32.5. The molecule has 1 atom stereocenters. The van der Waals surface area contributed by atoms with Gasteiger partial charge in [-0.3, -0.25) is 0 Å². The van der Waals surface area contributed by atoms with Crippen LogP contribution in [0.25, 0.3) is 87.7 Å². The van der Waals surface area contributed by atoms with E-state index in [1.165, 1.54) is 21.9 Å². The Balaban J connectivity index is 1.08. The first-order chi connectivity index (χ1) is 28.7. The maximum absolute atomic E-state index is 6.66. The topological polar surface area (TPSA) is 63.0 Å². The minimum atomic E-state index is -0.420. The molecular weight excluding hydrogens is 711 g/mol. The van der Waals surface area contributed by atoms with Crippen LogP contribution >= 0.6 is 0 Å². The minimum Gasteiger partial charge on any atom is -0.456 e. The van der Waals surface area contributed by atoms with Crippen LogP contribution in [0.2, 0.25) is 0 Å². The van der Waals surface area contributed by atoms with E-state index in [0.717, 1.165) is 88.3 Å². The lowest BCUT2D eigenvalue weighted by molar-refractivity contribution is 0.667. The summed E-state index contributed by atoms with van der Waals surface area (Å²) in [5, 5.41) is 12.6. The van der Waals surface area contributed by atoms with E-state index < -0.39 is 6.17 Å². The summed E-state index contributed by atoms with van der Waals surface area (Å²) in [7, 11) is 0. The summed E-state index contributed by atoms with van der Waals surface area (Å²) in [5.74, 6) is 1.39. The van der Waals surface area contributed by atoms with E-state index in [4.69, 9.17) is 18.8 Å². The molecule has 2 aromatic heterocycles. The van der Waals surface area contributed by atoms with Crippen molar-refractivity contribution >= 4 is 77.1 Å². The molecule has 58 heavy (non-hydrogen) atoms. The number of amidine groups is 2. The Bertz CT molecular complexity index is 3500. The third-order valence-corrected chi connectivity index (χ3v) is 11.5. The van der Waals surface area contributed by atoms with Crippen LogP contribution in [0.3, 0.4) is 0 Å². The summed E-state index contributed by atoms with van der Waals surface area (Å²) in [6, 6.07) is 65.8. The highest BCUT2D eigenvalue weighted by atomic mass is 16.3. The molecule has 1 aliphatic rings. The van der Waals surface area contributed by atoms with Crippen LogP contribution in [0.5, 0.6) is 0 Å². The molecule has 0 spiro atoms. The summed E-state index contributed by atoms with van der Waals surface area (Å²) >= 11 is 0. The second-order valence-corrected chi connectivity index (χ2v) is 15.0. The molecule has 5 nitrogen and oxygen atoms in total. The molecule has 12 rings (SSSR count). The number of hydrogen-bond acceptors (Lipinski definition) is 5. The molecular formula is C53H33N3O2. The third kappa shape index (κ3) is 5.32. The molecule has 9 aromatic carbocycles. The minimum absolute atomic E-state index is 0.420. The van der Waals surface area contributed by atoms with Crippen molar-refractivity contribution in [2.24, 2.45) is 9.98 Å². The maximum atomic E-state index is 6.66. The lowest BCUT2D eigenvalue weighted by atomic mass is 9.94. The second kappa shape index (κ2) is 12.9. The van der Waals surface area contributed by atoms with E-state index in [1.807, 2.05) is 30.3 Å². The van der Waals surface area contributed by atoms with Crippen LogP contribution in [0.1, 0.15) is 22.9 Å². The van der Waals surface area contributed by atoms with Crippen LogP contribution in [0.15, 0.2) is 207 Å². The molecule has 0 bridgehead atoms. The molecule has 1 aliphatic heterocycles. The number of aliphatic imine (C=N–C) groups is 2. The normalized spacial score (nSPS) is 14.4. The summed E-state index contributed by atoms with van der Waals surface area (Å²) < 4.78 is 13.0. The molecule has 0 saturated heterocycles. The van der Waals surface area contributed by atoms with Gasteiger partial charge in [0, 0.05) is 32.7 Å². The van der Waals surface area contributed by atoms with Gasteiger partial charge in [-0.05, 0) is 97.9 Å². The first-order valence-corrected chi connectivity index (χ1v) is 19.6. The lowest BCUT2D eigenvalue weighted by Gasteiger charge is -2.25. The fraction of sp³-hybridized carbons (Fsp3) is 0.0189. The zero-order valence-corrected chi connectivity index (χ0v) is 31.2. The molecule has 272 valence electrons. The van der Waals surface area contributed by atoms with Crippen LogP contribution < -0.4 is 5.32 Å². The van der Waals surface area contributed by atoms with Crippen molar-refractivity contribution in [1.29, 1.82) is 0 Å². The Labute approximate surface area is 333 Å². The largest absolute Gasteiger partial charge is 0.456 e. The average molecular weight is 744 g/mol. The standard InChI is InChI=1S/C53H33N3O2/c1-2-11-32(12-3-1)36-24-21-34-23-26-38(29-39(34)28-36)52-54-51(37-25-22-33-13-4-5-14-35(33)27-37)55-53(56-52)44-30-40(31-48-50(44)43-16-7-9-19-46(43)58-48)41-17-10-20-47-49(41)42-15-6-8-18-45(42)57-47/h1-31,52H,(H,54,55,56). The number of furan rings is 2. The molecule has 0 aliphatic carbocycles. The van der Waals surface area contributed by atoms with E-state index in [2.05, 4.69) is 163 Å². The van der Waals surface area contributed by atoms with Gasteiger partial charge >= 0.3 is 0 Å². The van der Waals surface area contributed by atoms with Crippen LogP contribution in [-0.2, 0) is 0 Å². The Morgan fingerprint density at radius 1 is 0.397 bits per heavy atom. The van der Waals surface area contributed by atoms with Crippen molar-refractivity contribution in [2.75, 3.05) is 0 Å². The van der Waals surface area contributed by atoms with Crippen LogP contribution in [-0.4, -0.2) is 11.7 Å². The Kier molecular flexibility index (Phi) is 7.23. The number of hydrogen-bond donors (Lipinski definition) is 1. The zero-order valence-electron chi connectivity index (χ0n) is 31.2. The predicted octanol–water partition coefficient (Wildman–Crippen LogP) is 13.6. The molecule has 0 fully saturated rings. The second-order valence-electron chi connectivity index (χ2n) is 15.0. The predicted molar refractivity (Wildman–Crippen MR) is 239 cm³/mol. The van der Waals surface area contributed by atoms with E-state index in [0.29, 0.717) is 5.84 Å². The highest BCUT2D eigenvalue weighted by Crippen LogP contribution is 2.41. The highest BCUT2D eigenvalue weighted by molar-refractivity contribution is 6.23. The molecule has 11 aromatic rings. The molecule has 5 heteroatoms. The number of rotatable bonds is 5. The van der Waals surface area contributed by atoms with Gasteiger partial charge in [0.05, 0.1) is 0 Å². The van der Waals surface area contributed by atoms with Crippen molar-refractivity contribution < 1.29 is 8.83 Å². The summed E-state index contributed by atoms with van der Waals surface area (Å²) in [6.45, 7) is 0. The molecule has 3 heterocycles. The zero-order chi connectivity index (χ0) is 38.2. The van der Waals surface area contributed by atoms with E-state index >= 15 is 0 Å². The Morgan fingerprint density at radius 2 is 1.03 bits per heavy atom. The van der Waals surface area contributed by atoms with Gasteiger partial charge in [-0.2, -0.15) is 0 Å². The van der Waals surface area contributed by atoms with Gasteiger partial charge in [0.25, 0.3) is 0 Å². The quantitative estimate of drug-likeness (QED) is 0.191.